The van der Waals surface area contributed by atoms with E-state index in [1.54, 1.807) is 12.1 Å². The molecule has 1 aromatic heterocycles. The number of rotatable bonds is 9. The molecular weight excluding hydrogens is 397 g/mol. The van der Waals surface area contributed by atoms with Crippen LogP contribution >= 0.6 is 11.3 Å². The lowest BCUT2D eigenvalue weighted by Gasteiger charge is -2.15. The molecular formula is C18H21F3N2O4S. The van der Waals surface area contributed by atoms with E-state index in [1.165, 1.54) is 7.11 Å². The van der Waals surface area contributed by atoms with E-state index >= 15 is 0 Å². The van der Waals surface area contributed by atoms with Crippen molar-refractivity contribution in [2.75, 3.05) is 26.8 Å². The molecule has 1 aromatic carbocycles. The molecule has 0 fully saturated rings. The molecule has 0 radical (unpaired) electrons. The topological polar surface area (TPSA) is 80.7 Å². The number of aromatic nitrogens is 1. The quantitative estimate of drug-likeness (QED) is 0.609. The summed E-state index contributed by atoms with van der Waals surface area (Å²) in [7, 11) is 1.28. The van der Waals surface area contributed by atoms with E-state index < -0.39 is 23.3 Å². The predicted octanol–water partition coefficient (Wildman–Crippen LogP) is 3.14. The first kappa shape index (κ1) is 22.1. The summed E-state index contributed by atoms with van der Waals surface area (Å²) >= 11 is 0.440. The van der Waals surface area contributed by atoms with E-state index in [-0.39, 0.29) is 23.9 Å². The first-order valence-corrected chi connectivity index (χ1v) is 9.23. The van der Waals surface area contributed by atoms with Crippen LogP contribution in [0.15, 0.2) is 30.5 Å². The number of alkyl halides is 3. The number of ether oxygens (including phenoxy) is 2. The summed E-state index contributed by atoms with van der Waals surface area (Å²) in [5, 5.41) is 12.1. The average Bonchev–Trinajstić information content (AvgIpc) is 3.17. The fourth-order valence-corrected chi connectivity index (χ4v) is 3.09. The number of methoxy groups -OCH3 is 1. The van der Waals surface area contributed by atoms with Gasteiger partial charge in [-0.25, -0.2) is 9.78 Å². The highest BCUT2D eigenvalue weighted by Crippen LogP contribution is 2.34. The van der Waals surface area contributed by atoms with E-state index in [9.17, 15) is 23.1 Å². The number of aliphatic hydroxyl groups is 1. The van der Waals surface area contributed by atoms with Gasteiger partial charge in [0.15, 0.2) is 11.6 Å². The molecule has 28 heavy (non-hydrogen) atoms. The van der Waals surface area contributed by atoms with Crippen molar-refractivity contribution in [1.29, 1.82) is 0 Å². The Balaban J connectivity index is 1.79. The van der Waals surface area contributed by atoms with Crippen molar-refractivity contribution in [3.05, 3.63) is 45.9 Å². The lowest BCUT2D eigenvalue weighted by molar-refractivity contribution is -0.143. The molecule has 0 bridgehead atoms. The molecule has 0 aliphatic heterocycles. The van der Waals surface area contributed by atoms with Gasteiger partial charge in [0, 0.05) is 19.3 Å². The standard InChI is InChI=1S/C18H21F3N2O4S/c1-11(12-3-5-13(6-4-12)27-10-16(25)26-2)7-22-8-14(24)15-9-23-17(28-15)18(19,20)21/h3-6,9,11,14,22,24H,7-8,10H2,1-2H3. The van der Waals surface area contributed by atoms with Gasteiger partial charge in [0.2, 0.25) is 0 Å². The smallest absolute Gasteiger partial charge is 0.443 e. The van der Waals surface area contributed by atoms with Crippen molar-refractivity contribution in [2.45, 2.75) is 25.1 Å². The van der Waals surface area contributed by atoms with Gasteiger partial charge in [0.25, 0.3) is 0 Å². The number of hydrogen-bond acceptors (Lipinski definition) is 7. The molecule has 2 aromatic rings. The van der Waals surface area contributed by atoms with Crippen molar-refractivity contribution < 1.29 is 32.5 Å². The van der Waals surface area contributed by atoms with Crippen molar-refractivity contribution >= 4 is 17.3 Å². The predicted molar refractivity (Wildman–Crippen MR) is 97.3 cm³/mol. The summed E-state index contributed by atoms with van der Waals surface area (Å²) in [5.74, 6) is 0.160. The number of aliphatic hydroxyl groups excluding tert-OH is 1. The van der Waals surface area contributed by atoms with E-state index in [4.69, 9.17) is 4.74 Å². The number of thiazole rings is 1. The van der Waals surface area contributed by atoms with Crippen molar-refractivity contribution in [1.82, 2.24) is 10.3 Å². The number of nitrogens with zero attached hydrogens (tertiary/aromatic N) is 1. The average molecular weight is 418 g/mol. The number of benzene rings is 1. The normalized spacial score (nSPS) is 13.8. The van der Waals surface area contributed by atoms with Crippen LogP contribution in [0.5, 0.6) is 5.75 Å². The van der Waals surface area contributed by atoms with Crippen LogP contribution < -0.4 is 10.1 Å². The zero-order valence-electron chi connectivity index (χ0n) is 15.3. The van der Waals surface area contributed by atoms with Crippen molar-refractivity contribution in [3.63, 3.8) is 0 Å². The van der Waals surface area contributed by atoms with Gasteiger partial charge in [0.05, 0.1) is 12.0 Å². The van der Waals surface area contributed by atoms with E-state index in [2.05, 4.69) is 15.0 Å². The Morgan fingerprint density at radius 3 is 2.54 bits per heavy atom. The summed E-state index contributed by atoms with van der Waals surface area (Å²) in [4.78, 5) is 14.5. The molecule has 0 saturated heterocycles. The minimum Gasteiger partial charge on any atom is -0.482 e. The minimum absolute atomic E-state index is 0.0917. The second-order valence-electron chi connectivity index (χ2n) is 6.07. The molecule has 2 rings (SSSR count). The Labute approximate surface area is 164 Å². The van der Waals surface area contributed by atoms with Gasteiger partial charge < -0.3 is 19.9 Å². The molecule has 0 amide bonds. The molecule has 1 heterocycles. The Morgan fingerprint density at radius 2 is 1.96 bits per heavy atom. The molecule has 0 aliphatic rings. The van der Waals surface area contributed by atoms with Crippen LogP contribution in [-0.2, 0) is 15.7 Å². The monoisotopic (exact) mass is 418 g/mol. The summed E-state index contributed by atoms with van der Waals surface area (Å²) in [6, 6.07) is 7.18. The zero-order valence-corrected chi connectivity index (χ0v) is 16.1. The third-order valence-corrected chi connectivity index (χ3v) is 5.06. The van der Waals surface area contributed by atoms with Gasteiger partial charge in [0.1, 0.15) is 11.9 Å². The number of esters is 1. The van der Waals surface area contributed by atoms with Crippen LogP contribution in [0.4, 0.5) is 13.2 Å². The highest BCUT2D eigenvalue weighted by atomic mass is 32.1. The maximum Gasteiger partial charge on any atom is 0.443 e. The molecule has 0 spiro atoms. The zero-order chi connectivity index (χ0) is 20.7. The van der Waals surface area contributed by atoms with E-state index in [0.29, 0.717) is 23.6 Å². The van der Waals surface area contributed by atoms with E-state index in [0.717, 1.165) is 11.8 Å². The van der Waals surface area contributed by atoms with E-state index in [1.807, 2.05) is 19.1 Å². The lowest BCUT2D eigenvalue weighted by atomic mass is 10.0. The number of carbonyl (C=O) groups excluding carboxylic acids is 1. The molecule has 0 aliphatic carbocycles. The highest BCUT2D eigenvalue weighted by molar-refractivity contribution is 7.11. The van der Waals surface area contributed by atoms with Crippen LogP contribution in [0.25, 0.3) is 0 Å². The molecule has 2 atom stereocenters. The molecule has 154 valence electrons. The Bertz CT molecular complexity index is 765. The Kier molecular flexibility index (Phi) is 7.78. The molecule has 6 nitrogen and oxygen atoms in total. The number of halogens is 3. The largest absolute Gasteiger partial charge is 0.482 e. The maximum atomic E-state index is 12.6. The van der Waals surface area contributed by atoms with Gasteiger partial charge >= 0.3 is 12.1 Å². The SMILES string of the molecule is COC(=O)COc1ccc(C(C)CNCC(O)c2cnc(C(F)(F)F)s2)cc1. The second kappa shape index (κ2) is 9.85. The fraction of sp³-hybridized carbons (Fsp3) is 0.444. The second-order valence-corrected chi connectivity index (χ2v) is 7.14. The summed E-state index contributed by atoms with van der Waals surface area (Å²) in [6.45, 7) is 2.44. The van der Waals surface area contributed by atoms with Crippen molar-refractivity contribution in [3.8, 4) is 5.75 Å². The highest BCUT2D eigenvalue weighted by Gasteiger charge is 2.35. The number of hydrogen-bond donors (Lipinski definition) is 2. The molecule has 2 N–H and O–H groups in total. The van der Waals surface area contributed by atoms with Gasteiger partial charge in [-0.05, 0) is 23.6 Å². The van der Waals surface area contributed by atoms with Gasteiger partial charge in [-0.1, -0.05) is 19.1 Å². The first-order valence-electron chi connectivity index (χ1n) is 8.42. The number of carbonyl (C=O) groups is 1. The third kappa shape index (κ3) is 6.47. The van der Waals surface area contributed by atoms with Crippen LogP contribution in [0, 0.1) is 0 Å². The lowest BCUT2D eigenvalue weighted by Crippen LogP contribution is -2.25. The first-order chi connectivity index (χ1) is 13.2. The molecule has 2 unspecified atom stereocenters. The van der Waals surface area contributed by atoms with Crippen LogP contribution in [0.2, 0.25) is 0 Å². The minimum atomic E-state index is -4.50. The van der Waals surface area contributed by atoms with Crippen molar-refractivity contribution in [2.24, 2.45) is 0 Å². The Hall–Kier alpha value is -2.17. The summed E-state index contributed by atoms with van der Waals surface area (Å²) in [5.41, 5.74) is 1.00. The van der Waals surface area contributed by atoms with Gasteiger partial charge in [-0.2, -0.15) is 13.2 Å². The number of nitrogens with one attached hydrogen (secondary N) is 1. The van der Waals surface area contributed by atoms with Crippen LogP contribution in [-0.4, -0.2) is 42.9 Å². The van der Waals surface area contributed by atoms with Crippen LogP contribution in [0.1, 0.15) is 34.4 Å². The van der Waals surface area contributed by atoms with Gasteiger partial charge in [-0.15, -0.1) is 11.3 Å². The molecule has 10 heteroatoms. The van der Waals surface area contributed by atoms with Gasteiger partial charge in [-0.3, -0.25) is 0 Å². The summed E-state index contributed by atoms with van der Waals surface area (Å²) < 4.78 is 47.5. The fourth-order valence-electron chi connectivity index (χ4n) is 2.32. The third-order valence-electron chi connectivity index (χ3n) is 3.92. The molecule has 0 saturated carbocycles. The maximum absolute atomic E-state index is 12.6. The van der Waals surface area contributed by atoms with Crippen LogP contribution in [0.3, 0.4) is 0 Å². The summed E-state index contributed by atoms with van der Waals surface area (Å²) in [6.07, 6.45) is -4.51. The Morgan fingerprint density at radius 1 is 1.29 bits per heavy atom.